The molecule has 0 unspecified atom stereocenters. The number of hydrogen-bond donors (Lipinski definition) is 1. The van der Waals surface area contributed by atoms with Gasteiger partial charge in [0.1, 0.15) is 18.1 Å². The molecule has 0 aliphatic heterocycles. The van der Waals surface area contributed by atoms with Crippen LogP contribution in [0.25, 0.3) is 0 Å². The molecule has 0 fully saturated rings. The van der Waals surface area contributed by atoms with Gasteiger partial charge < -0.3 is 19.3 Å². The average Bonchev–Trinajstić information content (AvgIpc) is 3.04. The highest BCUT2D eigenvalue weighted by molar-refractivity contribution is 6.02. The summed E-state index contributed by atoms with van der Waals surface area (Å²) in [5.74, 6) is 0.715. The summed E-state index contributed by atoms with van der Waals surface area (Å²) in [7, 11) is 1.32. The van der Waals surface area contributed by atoms with Crippen LogP contribution in [-0.4, -0.2) is 24.1 Å². The van der Waals surface area contributed by atoms with E-state index in [2.05, 4.69) is 10.5 Å². The lowest BCUT2D eigenvalue weighted by Gasteiger charge is -2.12. The van der Waals surface area contributed by atoms with Crippen molar-refractivity contribution in [3.05, 3.63) is 76.2 Å². The number of nitrogens with zero attached hydrogens (tertiary/aromatic N) is 1. The number of anilines is 1. The van der Waals surface area contributed by atoms with E-state index in [1.54, 1.807) is 25.1 Å². The van der Waals surface area contributed by atoms with E-state index < -0.39 is 5.97 Å². The summed E-state index contributed by atoms with van der Waals surface area (Å²) >= 11 is 0. The predicted octanol–water partition coefficient (Wildman–Crippen LogP) is 4.15. The second kappa shape index (κ2) is 9.26. The van der Waals surface area contributed by atoms with Crippen molar-refractivity contribution in [2.45, 2.75) is 33.8 Å². The number of carbonyl (C=O) groups is 2. The minimum absolute atomic E-state index is 0.165. The fraction of sp³-hybridized carbons (Fsp3) is 0.261. The van der Waals surface area contributed by atoms with Crippen LogP contribution in [0.4, 0.5) is 5.69 Å². The number of rotatable bonds is 7. The maximum absolute atomic E-state index is 12.5. The molecule has 0 bridgehead atoms. The first-order chi connectivity index (χ1) is 14.4. The van der Waals surface area contributed by atoms with Gasteiger partial charge in [-0.1, -0.05) is 29.4 Å². The number of carbonyl (C=O) groups excluding carboxylic acids is 2. The van der Waals surface area contributed by atoms with E-state index in [1.807, 2.05) is 38.1 Å². The molecule has 1 aromatic heterocycles. The molecule has 0 aliphatic rings. The van der Waals surface area contributed by atoms with E-state index in [0.29, 0.717) is 23.6 Å². The molecule has 0 radical (unpaired) electrons. The van der Waals surface area contributed by atoms with Gasteiger partial charge in [0.15, 0.2) is 0 Å². The molecule has 156 valence electrons. The highest BCUT2D eigenvalue weighted by Gasteiger charge is 2.16. The van der Waals surface area contributed by atoms with Gasteiger partial charge >= 0.3 is 5.97 Å². The summed E-state index contributed by atoms with van der Waals surface area (Å²) in [5.41, 5.74) is 4.09. The van der Waals surface area contributed by atoms with Gasteiger partial charge in [-0.15, -0.1) is 0 Å². The molecule has 1 amide bonds. The first-order valence-electron chi connectivity index (χ1n) is 9.50. The van der Waals surface area contributed by atoms with Crippen molar-refractivity contribution in [3.8, 4) is 5.75 Å². The van der Waals surface area contributed by atoms with Gasteiger partial charge in [0.25, 0.3) is 0 Å². The second-order valence-corrected chi connectivity index (χ2v) is 6.95. The standard InChI is InChI=1S/C23H24N2O5/c1-14-6-5-7-20(22(14)23(27)28-4)24-21(26)12-17-8-10-18(11-9-17)29-13-19-15(2)25-30-16(19)3/h5-11H,12-13H2,1-4H3,(H,24,26). The number of aryl methyl sites for hydroxylation is 3. The lowest BCUT2D eigenvalue weighted by Crippen LogP contribution is -2.18. The topological polar surface area (TPSA) is 90.7 Å². The lowest BCUT2D eigenvalue weighted by atomic mass is 10.1. The molecular weight excluding hydrogens is 384 g/mol. The zero-order valence-electron chi connectivity index (χ0n) is 17.4. The number of nitrogens with one attached hydrogen (secondary N) is 1. The van der Waals surface area contributed by atoms with E-state index in [0.717, 1.165) is 28.1 Å². The zero-order chi connectivity index (χ0) is 21.7. The minimum Gasteiger partial charge on any atom is -0.489 e. The molecule has 0 saturated carbocycles. The minimum atomic E-state index is -0.483. The smallest absolute Gasteiger partial charge is 0.340 e. The van der Waals surface area contributed by atoms with E-state index in [4.69, 9.17) is 14.0 Å². The fourth-order valence-corrected chi connectivity index (χ4v) is 3.09. The second-order valence-electron chi connectivity index (χ2n) is 6.95. The van der Waals surface area contributed by atoms with Gasteiger partial charge in [-0.25, -0.2) is 4.79 Å². The molecule has 3 aromatic rings. The van der Waals surface area contributed by atoms with Crippen LogP contribution in [0.15, 0.2) is 47.0 Å². The van der Waals surface area contributed by atoms with Crippen LogP contribution in [0.3, 0.4) is 0 Å². The molecule has 30 heavy (non-hydrogen) atoms. The van der Waals surface area contributed by atoms with Crippen LogP contribution in [0.1, 0.15) is 38.5 Å². The largest absolute Gasteiger partial charge is 0.489 e. The number of methoxy groups -OCH3 is 1. The van der Waals surface area contributed by atoms with Crippen LogP contribution in [-0.2, 0) is 22.6 Å². The summed E-state index contributed by atoms with van der Waals surface area (Å²) in [6, 6.07) is 12.6. The van der Waals surface area contributed by atoms with Crippen molar-refractivity contribution in [3.63, 3.8) is 0 Å². The molecule has 0 atom stereocenters. The molecule has 0 aliphatic carbocycles. The summed E-state index contributed by atoms with van der Waals surface area (Å²) in [5, 5.41) is 6.71. The van der Waals surface area contributed by atoms with Crippen LogP contribution in [0.5, 0.6) is 5.75 Å². The van der Waals surface area contributed by atoms with Crippen LogP contribution < -0.4 is 10.1 Å². The van der Waals surface area contributed by atoms with E-state index in [-0.39, 0.29) is 12.3 Å². The summed E-state index contributed by atoms with van der Waals surface area (Å²) in [6.45, 7) is 5.88. The Morgan fingerprint density at radius 1 is 1.07 bits per heavy atom. The van der Waals surface area contributed by atoms with Crippen molar-refractivity contribution < 1.29 is 23.6 Å². The van der Waals surface area contributed by atoms with Gasteiger partial charge in [0.05, 0.1) is 36.0 Å². The first kappa shape index (κ1) is 21.1. The van der Waals surface area contributed by atoms with Gasteiger partial charge in [-0.3, -0.25) is 4.79 Å². The molecule has 2 aromatic carbocycles. The van der Waals surface area contributed by atoms with E-state index >= 15 is 0 Å². The van der Waals surface area contributed by atoms with Crippen molar-refractivity contribution in [2.75, 3.05) is 12.4 Å². The number of aromatic nitrogens is 1. The number of amides is 1. The normalized spacial score (nSPS) is 10.5. The zero-order valence-corrected chi connectivity index (χ0v) is 17.4. The fourth-order valence-electron chi connectivity index (χ4n) is 3.09. The number of ether oxygens (including phenoxy) is 2. The van der Waals surface area contributed by atoms with Crippen molar-refractivity contribution in [1.29, 1.82) is 0 Å². The number of hydrogen-bond acceptors (Lipinski definition) is 6. The molecule has 0 saturated heterocycles. The van der Waals surface area contributed by atoms with Crippen LogP contribution >= 0.6 is 0 Å². The summed E-state index contributed by atoms with van der Waals surface area (Å²) in [4.78, 5) is 24.5. The highest BCUT2D eigenvalue weighted by atomic mass is 16.5. The van der Waals surface area contributed by atoms with Crippen LogP contribution in [0, 0.1) is 20.8 Å². The monoisotopic (exact) mass is 408 g/mol. The Morgan fingerprint density at radius 3 is 2.43 bits per heavy atom. The SMILES string of the molecule is COC(=O)c1c(C)cccc1NC(=O)Cc1ccc(OCc2c(C)noc2C)cc1. The third kappa shape index (κ3) is 4.86. The van der Waals surface area contributed by atoms with E-state index in [9.17, 15) is 9.59 Å². The van der Waals surface area contributed by atoms with Gasteiger partial charge in [-0.05, 0) is 50.1 Å². The van der Waals surface area contributed by atoms with Gasteiger partial charge in [0, 0.05) is 0 Å². The molecule has 1 N–H and O–H groups in total. The Kier molecular flexibility index (Phi) is 6.51. The maximum Gasteiger partial charge on any atom is 0.340 e. The molecule has 3 rings (SSSR count). The third-order valence-corrected chi connectivity index (χ3v) is 4.79. The van der Waals surface area contributed by atoms with Crippen molar-refractivity contribution >= 4 is 17.6 Å². The van der Waals surface area contributed by atoms with E-state index in [1.165, 1.54) is 7.11 Å². The quantitative estimate of drug-likeness (QED) is 0.591. The number of esters is 1. The Bertz CT molecular complexity index is 1030. The molecular formula is C23H24N2O5. The Hall–Kier alpha value is -3.61. The highest BCUT2D eigenvalue weighted by Crippen LogP contribution is 2.22. The molecule has 7 heteroatoms. The van der Waals surface area contributed by atoms with Crippen molar-refractivity contribution in [2.24, 2.45) is 0 Å². The predicted molar refractivity (Wildman–Crippen MR) is 112 cm³/mol. The van der Waals surface area contributed by atoms with Crippen LogP contribution in [0.2, 0.25) is 0 Å². The summed E-state index contributed by atoms with van der Waals surface area (Å²) < 4.78 is 15.7. The average molecular weight is 408 g/mol. The maximum atomic E-state index is 12.5. The lowest BCUT2D eigenvalue weighted by molar-refractivity contribution is -0.115. The number of benzene rings is 2. The Morgan fingerprint density at radius 2 is 1.80 bits per heavy atom. The van der Waals surface area contributed by atoms with Gasteiger partial charge in [-0.2, -0.15) is 0 Å². The Labute approximate surface area is 175 Å². The molecule has 7 nitrogen and oxygen atoms in total. The third-order valence-electron chi connectivity index (χ3n) is 4.79. The van der Waals surface area contributed by atoms with Crippen molar-refractivity contribution in [1.82, 2.24) is 5.16 Å². The Balaban J connectivity index is 1.61. The summed E-state index contributed by atoms with van der Waals surface area (Å²) in [6.07, 6.45) is 0.165. The van der Waals surface area contributed by atoms with Gasteiger partial charge in [0.2, 0.25) is 5.91 Å². The molecule has 1 heterocycles. The first-order valence-corrected chi connectivity index (χ1v) is 9.50. The molecule has 0 spiro atoms.